The van der Waals surface area contributed by atoms with Crippen molar-refractivity contribution < 1.29 is 27.8 Å². The maximum absolute atomic E-state index is 12.3. The normalized spacial score (nSPS) is 15.2. The zero-order chi connectivity index (χ0) is 18.9. The lowest BCUT2D eigenvalue weighted by atomic mass is 9.88. The summed E-state index contributed by atoms with van der Waals surface area (Å²) < 4.78 is 46.8. The molecule has 0 saturated heterocycles. The van der Waals surface area contributed by atoms with Gasteiger partial charge in [0.2, 0.25) is 0 Å². The Morgan fingerprint density at radius 2 is 1.96 bits per heavy atom. The van der Waals surface area contributed by atoms with Gasteiger partial charge in [0.15, 0.2) is 0 Å². The number of ether oxygens (including phenoxy) is 2. The molecule has 2 aromatic rings. The minimum absolute atomic E-state index is 0.138. The fourth-order valence-electron chi connectivity index (χ4n) is 3.28. The van der Waals surface area contributed by atoms with E-state index < -0.39 is 6.36 Å². The summed E-state index contributed by atoms with van der Waals surface area (Å²) in [6.07, 6.45) is -3.14. The molecule has 0 aliphatic carbocycles. The zero-order valence-electron chi connectivity index (χ0n) is 14.3. The van der Waals surface area contributed by atoms with E-state index in [1.165, 1.54) is 12.1 Å². The molecule has 0 saturated carbocycles. The van der Waals surface area contributed by atoms with E-state index in [2.05, 4.69) is 4.74 Å². The smallest absolute Gasteiger partial charge is 0.493 e. The summed E-state index contributed by atoms with van der Waals surface area (Å²) in [5.41, 5.74) is 10.0. The van der Waals surface area contributed by atoms with Crippen LogP contribution in [0, 0.1) is 0 Å². The van der Waals surface area contributed by atoms with E-state index in [-0.39, 0.29) is 18.4 Å². The van der Waals surface area contributed by atoms with Crippen LogP contribution in [0.3, 0.4) is 0 Å². The van der Waals surface area contributed by atoms with Crippen LogP contribution in [0.4, 0.5) is 13.2 Å². The van der Waals surface area contributed by atoms with Crippen LogP contribution in [-0.4, -0.2) is 18.1 Å². The summed E-state index contributed by atoms with van der Waals surface area (Å²) in [6.45, 7) is 2.24. The molecule has 0 bridgehead atoms. The fourth-order valence-corrected chi connectivity index (χ4v) is 3.28. The van der Waals surface area contributed by atoms with Crippen molar-refractivity contribution in [2.24, 2.45) is 5.73 Å². The van der Waals surface area contributed by atoms with Crippen molar-refractivity contribution in [3.8, 4) is 22.6 Å². The predicted molar refractivity (Wildman–Crippen MR) is 90.9 cm³/mol. The Bertz CT molecular complexity index is 786. The highest BCUT2D eigenvalue weighted by molar-refractivity contribution is 5.75. The van der Waals surface area contributed by atoms with Crippen LogP contribution in [-0.2, 0) is 13.0 Å². The van der Waals surface area contributed by atoms with Crippen molar-refractivity contribution in [2.75, 3.05) is 6.61 Å². The van der Waals surface area contributed by atoms with Gasteiger partial charge >= 0.3 is 6.36 Å². The molecule has 0 aromatic heterocycles. The maximum atomic E-state index is 12.3. The summed E-state index contributed by atoms with van der Waals surface area (Å²) in [7, 11) is 0. The lowest BCUT2D eigenvalue weighted by Gasteiger charge is -2.26. The number of rotatable bonds is 4. The molecule has 1 aliphatic rings. The number of alkyl halides is 3. The van der Waals surface area contributed by atoms with Crippen molar-refractivity contribution in [3.05, 3.63) is 47.0 Å². The van der Waals surface area contributed by atoms with Gasteiger partial charge < -0.3 is 20.3 Å². The minimum atomic E-state index is -4.73. The first-order valence-corrected chi connectivity index (χ1v) is 8.34. The molecule has 1 unspecified atom stereocenters. The summed E-state index contributed by atoms with van der Waals surface area (Å²) in [5.74, 6) is 0.379. The number of benzene rings is 2. The van der Waals surface area contributed by atoms with Crippen LogP contribution in [0.5, 0.6) is 11.5 Å². The minimum Gasteiger partial charge on any atom is -0.493 e. The van der Waals surface area contributed by atoms with Gasteiger partial charge in [-0.15, -0.1) is 13.2 Å². The molecule has 1 atom stereocenters. The number of fused-ring (bicyclic) bond motifs is 1. The highest BCUT2D eigenvalue weighted by atomic mass is 19.4. The number of hydrogen-bond acceptors (Lipinski definition) is 4. The van der Waals surface area contributed by atoms with Crippen LogP contribution in [0.25, 0.3) is 11.1 Å². The van der Waals surface area contributed by atoms with Gasteiger partial charge in [0, 0.05) is 17.2 Å². The molecule has 7 heteroatoms. The van der Waals surface area contributed by atoms with Crippen molar-refractivity contribution in [2.45, 2.75) is 38.8 Å². The van der Waals surface area contributed by atoms with E-state index in [0.29, 0.717) is 17.9 Å². The Morgan fingerprint density at radius 3 is 2.54 bits per heavy atom. The molecule has 3 N–H and O–H groups in total. The molecule has 1 aliphatic heterocycles. The van der Waals surface area contributed by atoms with Crippen LogP contribution < -0.4 is 15.2 Å². The maximum Gasteiger partial charge on any atom is 0.573 e. The number of halogens is 3. The molecule has 4 nitrogen and oxygen atoms in total. The van der Waals surface area contributed by atoms with Gasteiger partial charge in [0.1, 0.15) is 11.5 Å². The molecular weight excluding hydrogens is 347 g/mol. The molecule has 3 rings (SSSR count). The molecule has 1 heterocycles. The first-order valence-electron chi connectivity index (χ1n) is 8.34. The van der Waals surface area contributed by atoms with E-state index in [4.69, 9.17) is 10.5 Å². The molecule has 26 heavy (non-hydrogen) atoms. The Hall–Kier alpha value is -2.25. The number of nitrogens with two attached hydrogens (primary N) is 1. The van der Waals surface area contributed by atoms with Gasteiger partial charge in [0.05, 0.1) is 13.2 Å². The average Bonchev–Trinajstić information content (AvgIpc) is 2.59. The number of hydrogen-bond donors (Lipinski definition) is 2. The van der Waals surface area contributed by atoms with E-state index in [9.17, 15) is 18.3 Å². The largest absolute Gasteiger partial charge is 0.573 e. The zero-order valence-corrected chi connectivity index (χ0v) is 14.3. The highest BCUT2D eigenvalue weighted by Crippen LogP contribution is 2.42. The average molecular weight is 367 g/mol. The Kier molecular flexibility index (Phi) is 5.11. The number of aliphatic hydroxyl groups excluding tert-OH is 1. The third-order valence-corrected chi connectivity index (χ3v) is 4.40. The second-order valence-corrected chi connectivity index (χ2v) is 6.27. The van der Waals surface area contributed by atoms with Gasteiger partial charge in [0.25, 0.3) is 0 Å². The third-order valence-electron chi connectivity index (χ3n) is 4.40. The highest BCUT2D eigenvalue weighted by Gasteiger charge is 2.31. The van der Waals surface area contributed by atoms with E-state index in [0.717, 1.165) is 35.1 Å². The lowest BCUT2D eigenvalue weighted by Crippen LogP contribution is -2.17. The van der Waals surface area contributed by atoms with Crippen molar-refractivity contribution in [3.63, 3.8) is 0 Å². The second kappa shape index (κ2) is 7.17. The fraction of sp³-hybridized carbons (Fsp3) is 0.368. The third kappa shape index (κ3) is 3.78. The van der Waals surface area contributed by atoms with Crippen LogP contribution in [0.2, 0.25) is 0 Å². The van der Waals surface area contributed by atoms with Gasteiger partial charge in [-0.3, -0.25) is 0 Å². The van der Waals surface area contributed by atoms with E-state index in [1.807, 2.05) is 13.0 Å². The van der Waals surface area contributed by atoms with Crippen LogP contribution in [0.1, 0.15) is 36.1 Å². The van der Waals surface area contributed by atoms with Gasteiger partial charge in [-0.2, -0.15) is 0 Å². The first-order chi connectivity index (χ1) is 12.3. The summed E-state index contributed by atoms with van der Waals surface area (Å²) >= 11 is 0. The van der Waals surface area contributed by atoms with Crippen LogP contribution in [0.15, 0.2) is 30.3 Å². The first kappa shape index (κ1) is 18.5. The topological polar surface area (TPSA) is 64.7 Å². The molecular formula is C19H20F3NO3. The second-order valence-electron chi connectivity index (χ2n) is 6.27. The molecule has 0 fully saturated rings. The molecule has 0 spiro atoms. The SMILES string of the molecule is CC(N)c1cc(-c2ccc(OC(F)(F)F)cc2)c2c(c1CO)CCCO2. The molecule has 0 amide bonds. The van der Waals surface area contributed by atoms with Gasteiger partial charge in [-0.1, -0.05) is 12.1 Å². The molecule has 140 valence electrons. The quantitative estimate of drug-likeness (QED) is 0.854. The van der Waals surface area contributed by atoms with E-state index in [1.54, 1.807) is 12.1 Å². The van der Waals surface area contributed by atoms with Gasteiger partial charge in [-0.05, 0) is 54.7 Å². The van der Waals surface area contributed by atoms with Crippen LogP contribution >= 0.6 is 0 Å². The monoisotopic (exact) mass is 367 g/mol. The lowest BCUT2D eigenvalue weighted by molar-refractivity contribution is -0.274. The predicted octanol–water partition coefficient (Wildman–Crippen LogP) is 4.09. The van der Waals surface area contributed by atoms with Crippen molar-refractivity contribution in [1.82, 2.24) is 0 Å². The molecule has 0 radical (unpaired) electrons. The van der Waals surface area contributed by atoms with Crippen molar-refractivity contribution in [1.29, 1.82) is 0 Å². The summed E-state index contributed by atoms with van der Waals surface area (Å²) in [5, 5.41) is 9.80. The summed E-state index contributed by atoms with van der Waals surface area (Å²) in [4.78, 5) is 0. The molecule has 2 aromatic carbocycles. The number of aliphatic hydroxyl groups is 1. The van der Waals surface area contributed by atoms with Gasteiger partial charge in [-0.25, -0.2) is 0 Å². The van der Waals surface area contributed by atoms with Crippen molar-refractivity contribution >= 4 is 0 Å². The standard InChI is InChI=1S/C19H20F3NO3/c1-11(23)15-9-16(18-14(17(15)10-24)3-2-8-25-18)12-4-6-13(7-5-12)26-19(20,21)22/h4-7,9,11,24H,2-3,8,10,23H2,1H3. The summed E-state index contributed by atoms with van der Waals surface area (Å²) in [6, 6.07) is 7.19. The van der Waals surface area contributed by atoms with E-state index >= 15 is 0 Å². The Morgan fingerprint density at radius 1 is 1.27 bits per heavy atom. The Labute approximate surface area is 149 Å². The Balaban J connectivity index is 2.08.